The van der Waals surface area contributed by atoms with E-state index in [9.17, 15) is 14.4 Å². The summed E-state index contributed by atoms with van der Waals surface area (Å²) in [5.41, 5.74) is -0.0659. The van der Waals surface area contributed by atoms with Crippen molar-refractivity contribution in [3.8, 4) is 0 Å². The molecule has 7 nitrogen and oxygen atoms in total. The number of rotatable bonds is 2. The summed E-state index contributed by atoms with van der Waals surface area (Å²) in [5.74, 6) is -0.830. The zero-order chi connectivity index (χ0) is 19.5. The molecule has 0 saturated carbocycles. The fraction of sp³-hybridized carbons (Fsp3) is 0.500. The van der Waals surface area contributed by atoms with Gasteiger partial charge in [0.1, 0.15) is 5.60 Å². The number of piperazine rings is 1. The highest BCUT2D eigenvalue weighted by molar-refractivity contribution is 9.10. The van der Waals surface area contributed by atoms with E-state index in [2.05, 4.69) is 15.9 Å². The molecule has 142 valence electrons. The molecular weight excluding hydrogens is 404 g/mol. The Morgan fingerprint density at radius 3 is 2.12 bits per heavy atom. The minimum atomic E-state index is -0.568. The van der Waals surface area contributed by atoms with Crippen molar-refractivity contribution in [2.75, 3.05) is 33.3 Å². The molecule has 0 unspecified atom stereocenters. The van der Waals surface area contributed by atoms with Gasteiger partial charge in [0.25, 0.3) is 5.91 Å². The van der Waals surface area contributed by atoms with Crippen LogP contribution in [0.5, 0.6) is 0 Å². The van der Waals surface area contributed by atoms with Crippen LogP contribution in [0.25, 0.3) is 0 Å². The largest absolute Gasteiger partial charge is 0.465 e. The zero-order valence-corrected chi connectivity index (χ0v) is 17.0. The van der Waals surface area contributed by atoms with Crippen molar-refractivity contribution in [1.29, 1.82) is 0 Å². The summed E-state index contributed by atoms with van der Waals surface area (Å²) < 4.78 is 10.8. The molecule has 1 saturated heterocycles. The van der Waals surface area contributed by atoms with Crippen molar-refractivity contribution in [3.63, 3.8) is 0 Å². The molecule has 1 aliphatic heterocycles. The van der Waals surface area contributed by atoms with Crippen LogP contribution in [-0.4, -0.2) is 66.7 Å². The maximum absolute atomic E-state index is 12.8. The lowest BCUT2D eigenvalue weighted by atomic mass is 10.1. The van der Waals surface area contributed by atoms with Crippen LogP contribution in [0, 0.1) is 0 Å². The molecule has 1 fully saturated rings. The van der Waals surface area contributed by atoms with Crippen LogP contribution in [-0.2, 0) is 9.47 Å². The quantitative estimate of drug-likeness (QED) is 0.679. The van der Waals surface area contributed by atoms with Crippen LogP contribution < -0.4 is 0 Å². The summed E-state index contributed by atoms with van der Waals surface area (Å²) in [4.78, 5) is 40.1. The molecular formula is C18H23BrN2O5. The topological polar surface area (TPSA) is 76.2 Å². The number of nitrogens with zero attached hydrogens (tertiary/aromatic N) is 2. The predicted molar refractivity (Wildman–Crippen MR) is 99.2 cm³/mol. The second kappa shape index (κ2) is 8.07. The summed E-state index contributed by atoms with van der Waals surface area (Å²) in [6, 6.07) is 4.87. The fourth-order valence-corrected chi connectivity index (χ4v) is 2.93. The van der Waals surface area contributed by atoms with E-state index in [1.807, 2.05) is 20.8 Å². The molecule has 2 amide bonds. The van der Waals surface area contributed by atoms with Gasteiger partial charge in [-0.05, 0) is 39.0 Å². The molecule has 26 heavy (non-hydrogen) atoms. The Balaban J connectivity index is 2.07. The van der Waals surface area contributed by atoms with Gasteiger partial charge in [0, 0.05) is 30.7 Å². The molecule has 0 radical (unpaired) electrons. The lowest BCUT2D eigenvalue weighted by Crippen LogP contribution is -2.51. The Morgan fingerprint density at radius 1 is 1.00 bits per heavy atom. The van der Waals surface area contributed by atoms with E-state index in [-0.39, 0.29) is 23.1 Å². The normalized spacial score (nSPS) is 14.8. The van der Waals surface area contributed by atoms with E-state index in [0.29, 0.717) is 30.7 Å². The number of carbonyl (C=O) groups excluding carboxylic acids is 3. The SMILES string of the molecule is COC(=O)c1cc(Br)ccc1C(=O)N1CCN(C(=O)OC(C)(C)C)CC1. The minimum Gasteiger partial charge on any atom is -0.465 e. The maximum Gasteiger partial charge on any atom is 0.410 e. The standard InChI is InChI=1S/C18H23BrN2O5/c1-18(2,3)26-17(24)21-9-7-20(8-10-21)15(22)13-6-5-12(19)11-14(13)16(23)25-4/h5-6,11H,7-10H2,1-4H3. The second-order valence-electron chi connectivity index (χ2n) is 6.94. The highest BCUT2D eigenvalue weighted by atomic mass is 79.9. The van der Waals surface area contributed by atoms with Crippen LogP contribution in [0.2, 0.25) is 0 Å². The lowest BCUT2D eigenvalue weighted by Gasteiger charge is -2.35. The van der Waals surface area contributed by atoms with Crippen molar-refractivity contribution >= 4 is 33.9 Å². The number of benzene rings is 1. The molecule has 1 aromatic carbocycles. The molecule has 8 heteroatoms. The van der Waals surface area contributed by atoms with Gasteiger partial charge in [-0.1, -0.05) is 15.9 Å². The van der Waals surface area contributed by atoms with Gasteiger partial charge in [-0.3, -0.25) is 4.79 Å². The van der Waals surface area contributed by atoms with Gasteiger partial charge >= 0.3 is 12.1 Å². The van der Waals surface area contributed by atoms with Gasteiger partial charge < -0.3 is 19.3 Å². The third kappa shape index (κ3) is 4.97. The number of amides is 2. The number of carbonyl (C=O) groups is 3. The Bertz CT molecular complexity index is 706. The van der Waals surface area contributed by atoms with Crippen molar-refractivity contribution in [2.24, 2.45) is 0 Å². The highest BCUT2D eigenvalue weighted by Crippen LogP contribution is 2.20. The van der Waals surface area contributed by atoms with Crippen LogP contribution in [0.15, 0.2) is 22.7 Å². The number of methoxy groups -OCH3 is 1. The van der Waals surface area contributed by atoms with Gasteiger partial charge in [-0.2, -0.15) is 0 Å². The van der Waals surface area contributed by atoms with E-state index < -0.39 is 11.6 Å². The summed E-state index contributed by atoms with van der Waals surface area (Å²) in [6.45, 7) is 6.94. The smallest absolute Gasteiger partial charge is 0.410 e. The highest BCUT2D eigenvalue weighted by Gasteiger charge is 2.29. The monoisotopic (exact) mass is 426 g/mol. The van der Waals surface area contributed by atoms with Crippen LogP contribution in [0.4, 0.5) is 4.79 Å². The Morgan fingerprint density at radius 2 is 1.58 bits per heavy atom. The molecule has 0 bridgehead atoms. The molecule has 0 aliphatic carbocycles. The molecule has 0 aromatic heterocycles. The molecule has 0 spiro atoms. The van der Waals surface area contributed by atoms with Crippen molar-refractivity contribution in [1.82, 2.24) is 9.80 Å². The Kier molecular flexibility index (Phi) is 6.28. The van der Waals surface area contributed by atoms with E-state index in [0.717, 1.165) is 0 Å². The Labute approximate surface area is 161 Å². The van der Waals surface area contributed by atoms with Crippen molar-refractivity contribution in [2.45, 2.75) is 26.4 Å². The van der Waals surface area contributed by atoms with Crippen molar-refractivity contribution in [3.05, 3.63) is 33.8 Å². The van der Waals surface area contributed by atoms with Crippen LogP contribution >= 0.6 is 15.9 Å². The summed E-state index contributed by atoms with van der Waals surface area (Å²) >= 11 is 3.30. The van der Waals surface area contributed by atoms with Crippen molar-refractivity contribution < 1.29 is 23.9 Å². The van der Waals surface area contributed by atoms with Crippen LogP contribution in [0.1, 0.15) is 41.5 Å². The van der Waals surface area contributed by atoms with Gasteiger partial charge in [-0.15, -0.1) is 0 Å². The summed E-state index contributed by atoms with van der Waals surface area (Å²) in [5, 5.41) is 0. The van der Waals surface area contributed by atoms with E-state index in [1.165, 1.54) is 7.11 Å². The minimum absolute atomic E-state index is 0.210. The van der Waals surface area contributed by atoms with Gasteiger partial charge in [0.05, 0.1) is 18.2 Å². The average Bonchev–Trinajstić information content (AvgIpc) is 2.59. The summed E-state index contributed by atoms with van der Waals surface area (Å²) in [6.07, 6.45) is -0.386. The first kappa shape index (κ1) is 20.2. The molecule has 0 atom stereocenters. The zero-order valence-electron chi connectivity index (χ0n) is 15.4. The fourth-order valence-electron chi connectivity index (χ4n) is 2.57. The second-order valence-corrected chi connectivity index (χ2v) is 7.86. The maximum atomic E-state index is 12.8. The first-order valence-corrected chi connectivity index (χ1v) is 9.07. The van der Waals surface area contributed by atoms with Gasteiger partial charge in [0.15, 0.2) is 0 Å². The average molecular weight is 427 g/mol. The van der Waals surface area contributed by atoms with E-state index in [4.69, 9.17) is 9.47 Å². The summed E-state index contributed by atoms with van der Waals surface area (Å²) in [7, 11) is 1.27. The van der Waals surface area contributed by atoms with Gasteiger partial charge in [-0.25, -0.2) is 9.59 Å². The number of hydrogen-bond donors (Lipinski definition) is 0. The molecule has 0 N–H and O–H groups in total. The Hall–Kier alpha value is -2.09. The molecule has 1 heterocycles. The van der Waals surface area contributed by atoms with E-state index >= 15 is 0 Å². The first-order valence-electron chi connectivity index (χ1n) is 8.27. The number of esters is 1. The number of hydrogen-bond acceptors (Lipinski definition) is 5. The van der Waals surface area contributed by atoms with Gasteiger partial charge in [0.2, 0.25) is 0 Å². The number of ether oxygens (including phenoxy) is 2. The van der Waals surface area contributed by atoms with Crippen LogP contribution in [0.3, 0.4) is 0 Å². The lowest BCUT2D eigenvalue weighted by molar-refractivity contribution is 0.0141. The third-order valence-corrected chi connectivity index (χ3v) is 4.33. The third-order valence-electron chi connectivity index (χ3n) is 3.84. The predicted octanol–water partition coefficient (Wildman–Crippen LogP) is 2.93. The first-order chi connectivity index (χ1) is 12.1. The molecule has 2 rings (SSSR count). The van der Waals surface area contributed by atoms with E-state index in [1.54, 1.807) is 28.0 Å². The number of halogens is 1. The molecule has 1 aromatic rings. The molecule has 1 aliphatic rings.